The number of nitrogens with zero attached hydrogens (tertiary/aromatic N) is 2. The van der Waals surface area contributed by atoms with Gasteiger partial charge < -0.3 is 0 Å². The van der Waals surface area contributed by atoms with Crippen LogP contribution in [0.5, 0.6) is 0 Å². The van der Waals surface area contributed by atoms with E-state index in [9.17, 15) is 8.42 Å². The van der Waals surface area contributed by atoms with E-state index in [1.165, 1.54) is 12.4 Å². The first-order valence-corrected chi connectivity index (χ1v) is 8.23. The first-order chi connectivity index (χ1) is 9.79. The van der Waals surface area contributed by atoms with E-state index in [1.54, 1.807) is 6.92 Å². The third-order valence-electron chi connectivity index (χ3n) is 3.13. The highest BCUT2D eigenvalue weighted by atomic mass is 35.5. The van der Waals surface area contributed by atoms with Crippen LogP contribution in [-0.4, -0.2) is 18.4 Å². The van der Waals surface area contributed by atoms with Crippen LogP contribution in [-0.2, 0) is 10.0 Å². The second kappa shape index (κ2) is 6.09. The van der Waals surface area contributed by atoms with Crippen LogP contribution in [0.15, 0.2) is 35.5 Å². The maximum atomic E-state index is 12.3. The van der Waals surface area contributed by atoms with Crippen molar-refractivity contribution in [2.75, 3.05) is 0 Å². The number of sulfonamides is 1. The standard InChI is InChI=1S/C14H16ClN3O2S/c1-9-4-5-13(10(2)6-9)11(3)18-21(19,20)12-7-16-14(15)17-8-12/h4-8,11,18H,1-3H3. The van der Waals surface area contributed by atoms with Crippen molar-refractivity contribution < 1.29 is 8.42 Å². The lowest BCUT2D eigenvalue weighted by Gasteiger charge is -2.17. The van der Waals surface area contributed by atoms with Crippen LogP contribution in [0.2, 0.25) is 5.28 Å². The molecular weight excluding hydrogens is 310 g/mol. The van der Waals surface area contributed by atoms with Gasteiger partial charge >= 0.3 is 0 Å². The zero-order valence-electron chi connectivity index (χ0n) is 12.0. The molecule has 2 rings (SSSR count). The lowest BCUT2D eigenvalue weighted by Crippen LogP contribution is -2.27. The zero-order valence-corrected chi connectivity index (χ0v) is 13.5. The molecule has 21 heavy (non-hydrogen) atoms. The van der Waals surface area contributed by atoms with Crippen molar-refractivity contribution in [3.8, 4) is 0 Å². The Bertz CT molecular complexity index is 745. The lowest BCUT2D eigenvalue weighted by molar-refractivity contribution is 0.565. The molecule has 0 saturated carbocycles. The molecule has 1 atom stereocenters. The number of aromatic nitrogens is 2. The van der Waals surface area contributed by atoms with Gasteiger partial charge in [-0.2, -0.15) is 0 Å². The van der Waals surface area contributed by atoms with Gasteiger partial charge in [0.2, 0.25) is 15.3 Å². The summed E-state index contributed by atoms with van der Waals surface area (Å²) in [5.74, 6) is 0. The summed E-state index contributed by atoms with van der Waals surface area (Å²) in [5.41, 5.74) is 3.11. The summed E-state index contributed by atoms with van der Waals surface area (Å²) in [6.07, 6.45) is 2.37. The van der Waals surface area contributed by atoms with Crippen molar-refractivity contribution >= 4 is 21.6 Å². The molecule has 0 amide bonds. The minimum Gasteiger partial charge on any atom is -0.225 e. The Balaban J connectivity index is 2.25. The van der Waals surface area contributed by atoms with E-state index in [0.29, 0.717) is 0 Å². The minimum absolute atomic E-state index is 0.0105. The monoisotopic (exact) mass is 325 g/mol. The van der Waals surface area contributed by atoms with Crippen LogP contribution in [0.25, 0.3) is 0 Å². The van der Waals surface area contributed by atoms with Gasteiger partial charge in [-0.15, -0.1) is 0 Å². The highest BCUT2D eigenvalue weighted by Crippen LogP contribution is 2.21. The average Bonchev–Trinajstić information content (AvgIpc) is 2.38. The van der Waals surface area contributed by atoms with Crippen LogP contribution in [0, 0.1) is 13.8 Å². The van der Waals surface area contributed by atoms with Crippen LogP contribution in [0.3, 0.4) is 0 Å². The van der Waals surface area contributed by atoms with Gasteiger partial charge in [0.15, 0.2) is 0 Å². The van der Waals surface area contributed by atoms with Crippen molar-refractivity contribution in [3.63, 3.8) is 0 Å². The normalized spacial score (nSPS) is 13.1. The summed E-state index contributed by atoms with van der Waals surface area (Å²) in [6, 6.07) is 5.55. The van der Waals surface area contributed by atoms with Crippen LogP contribution in [0.1, 0.15) is 29.7 Å². The van der Waals surface area contributed by atoms with Gasteiger partial charge in [-0.25, -0.2) is 23.1 Å². The first kappa shape index (κ1) is 15.9. The average molecular weight is 326 g/mol. The summed E-state index contributed by atoms with van der Waals surface area (Å²) in [7, 11) is -3.68. The predicted molar refractivity (Wildman–Crippen MR) is 81.7 cm³/mol. The number of hydrogen-bond acceptors (Lipinski definition) is 4. The highest BCUT2D eigenvalue weighted by Gasteiger charge is 2.20. The van der Waals surface area contributed by atoms with E-state index in [0.717, 1.165) is 16.7 Å². The van der Waals surface area contributed by atoms with E-state index < -0.39 is 10.0 Å². The maximum Gasteiger partial charge on any atom is 0.244 e. The van der Waals surface area contributed by atoms with E-state index in [-0.39, 0.29) is 16.2 Å². The largest absolute Gasteiger partial charge is 0.244 e. The molecule has 1 N–H and O–H groups in total. The Labute approximate surface area is 129 Å². The molecule has 5 nitrogen and oxygen atoms in total. The quantitative estimate of drug-likeness (QED) is 0.877. The fourth-order valence-electron chi connectivity index (χ4n) is 2.11. The van der Waals surface area contributed by atoms with Crippen LogP contribution in [0.4, 0.5) is 0 Å². The van der Waals surface area contributed by atoms with Crippen molar-refractivity contribution in [2.45, 2.75) is 31.7 Å². The number of halogens is 1. The van der Waals surface area contributed by atoms with Gasteiger partial charge in [-0.3, -0.25) is 0 Å². The molecule has 0 bridgehead atoms. The lowest BCUT2D eigenvalue weighted by atomic mass is 10.0. The SMILES string of the molecule is Cc1ccc(C(C)NS(=O)(=O)c2cnc(Cl)nc2)c(C)c1. The Hall–Kier alpha value is -1.50. The molecule has 0 aliphatic heterocycles. The van der Waals surface area contributed by atoms with Gasteiger partial charge in [0.1, 0.15) is 4.90 Å². The van der Waals surface area contributed by atoms with Crippen LogP contribution < -0.4 is 4.72 Å². The molecule has 2 aromatic rings. The van der Waals surface area contributed by atoms with Gasteiger partial charge in [-0.05, 0) is 43.5 Å². The minimum atomic E-state index is -3.68. The molecule has 112 valence electrons. The summed E-state index contributed by atoms with van der Waals surface area (Å²) < 4.78 is 27.2. The second-order valence-electron chi connectivity index (χ2n) is 4.89. The van der Waals surface area contributed by atoms with Gasteiger partial charge in [0.25, 0.3) is 0 Å². The van der Waals surface area contributed by atoms with Crippen molar-refractivity contribution in [1.29, 1.82) is 0 Å². The van der Waals surface area contributed by atoms with E-state index >= 15 is 0 Å². The Morgan fingerprint density at radius 2 is 1.81 bits per heavy atom. The molecule has 1 heterocycles. The molecule has 7 heteroatoms. The fraction of sp³-hybridized carbons (Fsp3) is 0.286. The van der Waals surface area contributed by atoms with Gasteiger partial charge in [0.05, 0.1) is 12.4 Å². The molecule has 0 aliphatic carbocycles. The van der Waals surface area contributed by atoms with Crippen LogP contribution >= 0.6 is 11.6 Å². The molecule has 1 unspecified atom stereocenters. The fourth-order valence-corrected chi connectivity index (χ4v) is 3.32. The van der Waals surface area contributed by atoms with E-state index in [1.807, 2.05) is 32.0 Å². The first-order valence-electron chi connectivity index (χ1n) is 6.36. The molecule has 0 aliphatic rings. The zero-order chi connectivity index (χ0) is 15.6. The molecule has 1 aromatic carbocycles. The van der Waals surface area contributed by atoms with Crippen molar-refractivity contribution in [2.24, 2.45) is 0 Å². The van der Waals surface area contributed by atoms with Crippen molar-refractivity contribution in [1.82, 2.24) is 14.7 Å². The summed E-state index contributed by atoms with van der Waals surface area (Å²) in [5, 5.41) is 0.0105. The molecule has 0 spiro atoms. The number of hydrogen-bond donors (Lipinski definition) is 1. The molecule has 0 saturated heterocycles. The summed E-state index contributed by atoms with van der Waals surface area (Å²) >= 11 is 5.56. The maximum absolute atomic E-state index is 12.3. The second-order valence-corrected chi connectivity index (χ2v) is 6.94. The topological polar surface area (TPSA) is 72.0 Å². The Morgan fingerprint density at radius 3 is 2.38 bits per heavy atom. The third kappa shape index (κ3) is 3.78. The number of rotatable bonds is 4. The van der Waals surface area contributed by atoms with Gasteiger partial charge in [0, 0.05) is 6.04 Å². The molecular formula is C14H16ClN3O2S. The molecule has 1 aromatic heterocycles. The van der Waals surface area contributed by atoms with E-state index in [2.05, 4.69) is 14.7 Å². The Morgan fingerprint density at radius 1 is 1.19 bits per heavy atom. The third-order valence-corrected chi connectivity index (χ3v) is 4.82. The van der Waals surface area contributed by atoms with E-state index in [4.69, 9.17) is 11.6 Å². The molecule has 0 fully saturated rings. The Kier molecular flexibility index (Phi) is 4.61. The van der Waals surface area contributed by atoms with Crippen molar-refractivity contribution in [3.05, 3.63) is 52.6 Å². The summed E-state index contributed by atoms with van der Waals surface area (Å²) in [6.45, 7) is 5.75. The number of benzene rings is 1. The number of nitrogens with one attached hydrogen (secondary N) is 1. The smallest absolute Gasteiger partial charge is 0.225 e. The number of aryl methyl sites for hydroxylation is 2. The van der Waals surface area contributed by atoms with Gasteiger partial charge in [-0.1, -0.05) is 23.8 Å². The highest BCUT2D eigenvalue weighted by molar-refractivity contribution is 7.89. The summed E-state index contributed by atoms with van der Waals surface area (Å²) in [4.78, 5) is 7.37. The molecule has 0 radical (unpaired) electrons. The predicted octanol–water partition coefficient (Wildman–Crippen LogP) is 2.79.